The van der Waals surface area contributed by atoms with Crippen molar-refractivity contribution in [1.29, 1.82) is 0 Å². The highest BCUT2D eigenvalue weighted by atomic mass is 16.5. The summed E-state index contributed by atoms with van der Waals surface area (Å²) in [5.41, 5.74) is 6.52. The Hall–Kier alpha value is -4.13. The van der Waals surface area contributed by atoms with E-state index in [0.717, 1.165) is 27.5 Å². The van der Waals surface area contributed by atoms with Crippen LogP contribution in [0.2, 0.25) is 0 Å². The molecule has 3 aromatic heterocycles. The Bertz CT molecular complexity index is 1630. The maximum absolute atomic E-state index is 14.1. The average molecular weight is 483 g/mol. The molecule has 0 saturated heterocycles. The summed E-state index contributed by atoms with van der Waals surface area (Å²) in [4.78, 5) is 31.2. The number of hydrogen-bond donors (Lipinski definition) is 0. The summed E-state index contributed by atoms with van der Waals surface area (Å²) >= 11 is 0. The fourth-order valence-electron chi connectivity index (χ4n) is 5.25. The molecule has 2 aromatic carbocycles. The van der Waals surface area contributed by atoms with Crippen LogP contribution in [0.15, 0.2) is 71.8 Å². The zero-order valence-corrected chi connectivity index (χ0v) is 21.1. The molecule has 0 unspecified atom stereocenters. The van der Waals surface area contributed by atoms with Crippen LogP contribution in [0.5, 0.6) is 0 Å². The van der Waals surface area contributed by atoms with Gasteiger partial charge >= 0.3 is 11.7 Å². The summed E-state index contributed by atoms with van der Waals surface area (Å²) in [6.45, 7) is 6.67. The third-order valence-corrected chi connectivity index (χ3v) is 6.72. The van der Waals surface area contributed by atoms with Crippen molar-refractivity contribution >= 4 is 28.0 Å². The first-order chi connectivity index (χ1) is 17.4. The lowest BCUT2D eigenvalue weighted by atomic mass is 10.0. The topological polar surface area (TPSA) is 71.0 Å². The van der Waals surface area contributed by atoms with Gasteiger partial charge in [0.15, 0.2) is 5.65 Å². The van der Waals surface area contributed by atoms with Gasteiger partial charge in [-0.25, -0.2) is 9.78 Å². The minimum atomic E-state index is -0.534. The Morgan fingerprint density at radius 3 is 2.58 bits per heavy atom. The largest absolute Gasteiger partial charge is 0.466 e. The Balaban J connectivity index is 1.69. The van der Waals surface area contributed by atoms with E-state index in [1.54, 1.807) is 22.3 Å². The molecule has 5 aromatic rings. The highest BCUT2D eigenvalue weighted by Crippen LogP contribution is 2.29. The van der Waals surface area contributed by atoms with Gasteiger partial charge < -0.3 is 9.30 Å². The molecule has 5 rings (SSSR count). The lowest BCUT2D eigenvalue weighted by Crippen LogP contribution is -2.30. The number of fused-ring (bicyclic) bond motifs is 2. The van der Waals surface area contributed by atoms with Gasteiger partial charge in [-0.05, 0) is 61.2 Å². The number of benzene rings is 2. The Labute approximate surface area is 209 Å². The van der Waals surface area contributed by atoms with Crippen molar-refractivity contribution in [3.63, 3.8) is 0 Å². The Kier molecular flexibility index (Phi) is 6.22. The van der Waals surface area contributed by atoms with Gasteiger partial charge in [-0.3, -0.25) is 13.9 Å². The van der Waals surface area contributed by atoms with E-state index < -0.39 is 6.04 Å². The molecule has 0 spiro atoms. The van der Waals surface area contributed by atoms with Crippen molar-refractivity contribution in [3.05, 3.63) is 99.7 Å². The Morgan fingerprint density at radius 1 is 1.06 bits per heavy atom. The Morgan fingerprint density at radius 2 is 1.83 bits per heavy atom. The van der Waals surface area contributed by atoms with Gasteiger partial charge in [-0.2, -0.15) is 0 Å². The van der Waals surface area contributed by atoms with Crippen LogP contribution in [0.1, 0.15) is 41.6 Å². The molecule has 0 amide bonds. The molecule has 0 aliphatic carbocycles. The lowest BCUT2D eigenvalue weighted by molar-refractivity contribution is -0.143. The van der Waals surface area contributed by atoms with Crippen LogP contribution in [-0.4, -0.2) is 31.3 Å². The number of ether oxygens (including phenoxy) is 1. The number of aryl methyl sites for hydroxylation is 3. The first-order valence-corrected chi connectivity index (χ1v) is 12.2. The predicted octanol–water partition coefficient (Wildman–Crippen LogP) is 4.90. The van der Waals surface area contributed by atoms with Gasteiger partial charge in [0.25, 0.3) is 0 Å². The predicted molar refractivity (Wildman–Crippen MR) is 141 cm³/mol. The van der Waals surface area contributed by atoms with Crippen LogP contribution >= 0.6 is 0 Å². The molecule has 184 valence electrons. The molecule has 0 fully saturated rings. The molecule has 0 aliphatic heterocycles. The average Bonchev–Trinajstić information content (AvgIpc) is 3.32. The molecular weight excluding hydrogens is 452 g/mol. The fraction of sp³-hybridized carbons (Fsp3) is 0.276. The van der Waals surface area contributed by atoms with E-state index in [1.165, 1.54) is 11.1 Å². The minimum Gasteiger partial charge on any atom is -0.466 e. The first-order valence-electron chi connectivity index (χ1n) is 12.2. The molecule has 0 saturated carbocycles. The van der Waals surface area contributed by atoms with E-state index in [9.17, 15) is 9.59 Å². The summed E-state index contributed by atoms with van der Waals surface area (Å²) < 4.78 is 10.8. The number of esters is 1. The van der Waals surface area contributed by atoms with Crippen LogP contribution in [0.25, 0.3) is 22.1 Å². The van der Waals surface area contributed by atoms with Crippen LogP contribution in [0.4, 0.5) is 0 Å². The lowest BCUT2D eigenvalue weighted by Gasteiger charge is -2.18. The number of carbonyl (C=O) groups excluding carboxylic acids is 1. The molecule has 7 heteroatoms. The van der Waals surface area contributed by atoms with E-state index in [-0.39, 0.29) is 24.7 Å². The zero-order valence-electron chi connectivity index (χ0n) is 21.1. The van der Waals surface area contributed by atoms with Gasteiger partial charge in [0.2, 0.25) is 0 Å². The molecule has 0 radical (unpaired) electrons. The number of aromatic nitrogens is 4. The van der Waals surface area contributed by atoms with Crippen molar-refractivity contribution in [2.45, 2.75) is 39.8 Å². The van der Waals surface area contributed by atoms with Crippen molar-refractivity contribution in [3.8, 4) is 0 Å². The normalized spacial score (nSPS) is 12.3. The second-order valence-corrected chi connectivity index (χ2v) is 9.26. The maximum Gasteiger partial charge on any atom is 0.331 e. The van der Waals surface area contributed by atoms with Crippen molar-refractivity contribution in [1.82, 2.24) is 18.7 Å². The van der Waals surface area contributed by atoms with Crippen LogP contribution in [-0.2, 0) is 23.1 Å². The summed E-state index contributed by atoms with van der Waals surface area (Å²) in [5, 5.41) is 1.16. The van der Waals surface area contributed by atoms with E-state index in [2.05, 4.69) is 41.7 Å². The second kappa shape index (κ2) is 9.49. The number of rotatable bonds is 7. The SMILES string of the molecule is CCOC(=O)C[C@H](c1ccccc1)n1c(=O)n(Cc2cn(C)c3cc(C)cc(C)c23)c2cccnc21. The molecule has 0 aliphatic rings. The summed E-state index contributed by atoms with van der Waals surface area (Å²) in [5.74, 6) is -0.352. The number of pyridine rings is 1. The maximum atomic E-state index is 14.1. The second-order valence-electron chi connectivity index (χ2n) is 9.26. The fourth-order valence-corrected chi connectivity index (χ4v) is 5.25. The molecule has 0 bridgehead atoms. The van der Waals surface area contributed by atoms with Crippen molar-refractivity contribution in [2.75, 3.05) is 6.61 Å². The molecule has 7 nitrogen and oxygen atoms in total. The monoisotopic (exact) mass is 482 g/mol. The van der Waals surface area contributed by atoms with Gasteiger partial charge in [0.05, 0.1) is 31.1 Å². The summed E-state index contributed by atoms with van der Waals surface area (Å²) in [7, 11) is 2.03. The molecular formula is C29H30N4O3. The van der Waals surface area contributed by atoms with E-state index in [0.29, 0.717) is 12.2 Å². The van der Waals surface area contributed by atoms with Gasteiger partial charge in [-0.1, -0.05) is 36.4 Å². The van der Waals surface area contributed by atoms with Gasteiger partial charge in [0, 0.05) is 30.3 Å². The summed E-state index contributed by atoms with van der Waals surface area (Å²) in [6, 6.07) is 17.1. The van der Waals surface area contributed by atoms with Crippen LogP contribution in [0.3, 0.4) is 0 Å². The molecule has 0 N–H and O–H groups in total. The highest BCUT2D eigenvalue weighted by molar-refractivity contribution is 5.88. The molecule has 36 heavy (non-hydrogen) atoms. The summed E-state index contributed by atoms with van der Waals surface area (Å²) in [6.07, 6.45) is 3.82. The third kappa shape index (κ3) is 4.11. The zero-order chi connectivity index (χ0) is 25.4. The van der Waals surface area contributed by atoms with Crippen molar-refractivity contribution < 1.29 is 9.53 Å². The number of nitrogens with zero attached hydrogens (tertiary/aromatic N) is 4. The number of carbonyl (C=O) groups is 1. The molecule has 3 heterocycles. The van der Waals surface area contributed by atoms with Crippen LogP contribution < -0.4 is 5.69 Å². The first kappa shape index (κ1) is 23.6. The van der Waals surface area contributed by atoms with E-state index >= 15 is 0 Å². The van der Waals surface area contributed by atoms with E-state index in [4.69, 9.17) is 4.74 Å². The van der Waals surface area contributed by atoms with Crippen molar-refractivity contribution in [2.24, 2.45) is 7.05 Å². The van der Waals surface area contributed by atoms with E-state index in [1.807, 2.05) is 49.5 Å². The molecule has 1 atom stereocenters. The van der Waals surface area contributed by atoms with Gasteiger partial charge in [0.1, 0.15) is 0 Å². The minimum absolute atomic E-state index is 0.0418. The smallest absolute Gasteiger partial charge is 0.331 e. The van der Waals surface area contributed by atoms with Crippen LogP contribution in [0, 0.1) is 13.8 Å². The standard InChI is InChI=1S/C29H30N4O3/c1-5-36-26(34)16-24(21-10-7-6-8-11-21)33-28-23(12-9-13-30-28)32(29(33)35)18-22-17-31(4)25-15-19(2)14-20(3)27(22)25/h6-15,17,24H,5,16,18H2,1-4H3/t24-/m1/s1. The quantitative estimate of drug-likeness (QED) is 0.310. The number of hydrogen-bond acceptors (Lipinski definition) is 4. The van der Waals surface area contributed by atoms with Gasteiger partial charge in [-0.15, -0.1) is 0 Å². The highest BCUT2D eigenvalue weighted by Gasteiger charge is 2.26. The number of imidazole rings is 1. The third-order valence-electron chi connectivity index (χ3n) is 6.72.